The molecule has 0 saturated heterocycles. The molecule has 0 radical (unpaired) electrons. The van der Waals surface area contributed by atoms with Crippen molar-refractivity contribution in [2.75, 3.05) is 37.3 Å². The standard InChI is InChI=1S/C14H23N3O2/c1-3-17(8-5-9-18)10-13(19)16-14-11(2)6-4-7-12(14)15/h4,6-7,18H,3,5,8-10,15H2,1-2H3,(H,16,19). The van der Waals surface area contributed by atoms with Crippen molar-refractivity contribution in [2.24, 2.45) is 0 Å². The van der Waals surface area contributed by atoms with Gasteiger partial charge >= 0.3 is 0 Å². The molecule has 0 atom stereocenters. The van der Waals surface area contributed by atoms with Gasteiger partial charge in [0, 0.05) is 13.2 Å². The monoisotopic (exact) mass is 265 g/mol. The van der Waals surface area contributed by atoms with Crippen molar-refractivity contribution in [3.8, 4) is 0 Å². The first-order chi connectivity index (χ1) is 9.08. The van der Waals surface area contributed by atoms with E-state index in [1.807, 2.05) is 30.9 Å². The molecule has 0 aliphatic rings. The summed E-state index contributed by atoms with van der Waals surface area (Å²) >= 11 is 0. The van der Waals surface area contributed by atoms with Crippen LogP contribution in [-0.4, -0.2) is 42.2 Å². The van der Waals surface area contributed by atoms with Crippen LogP contribution in [0.4, 0.5) is 11.4 Å². The summed E-state index contributed by atoms with van der Waals surface area (Å²) in [5.41, 5.74) is 8.06. The number of anilines is 2. The second kappa shape index (κ2) is 7.76. The lowest BCUT2D eigenvalue weighted by atomic mass is 10.1. The first-order valence-corrected chi connectivity index (χ1v) is 6.56. The first kappa shape index (κ1) is 15.5. The third-order valence-electron chi connectivity index (χ3n) is 3.02. The van der Waals surface area contributed by atoms with E-state index in [9.17, 15) is 4.79 Å². The highest BCUT2D eigenvalue weighted by Gasteiger charge is 2.11. The van der Waals surface area contributed by atoms with Gasteiger partial charge in [-0.2, -0.15) is 0 Å². The van der Waals surface area contributed by atoms with Crippen molar-refractivity contribution in [2.45, 2.75) is 20.3 Å². The number of benzene rings is 1. The Morgan fingerprint density at radius 3 is 2.79 bits per heavy atom. The minimum Gasteiger partial charge on any atom is -0.397 e. The quantitative estimate of drug-likeness (QED) is 0.648. The maximum Gasteiger partial charge on any atom is 0.238 e. The zero-order valence-electron chi connectivity index (χ0n) is 11.6. The van der Waals surface area contributed by atoms with Gasteiger partial charge in [-0.25, -0.2) is 0 Å². The number of aliphatic hydroxyl groups is 1. The van der Waals surface area contributed by atoms with Gasteiger partial charge in [-0.15, -0.1) is 0 Å². The van der Waals surface area contributed by atoms with E-state index in [1.54, 1.807) is 6.07 Å². The molecule has 0 aromatic heterocycles. The van der Waals surface area contributed by atoms with Crippen LogP contribution in [0, 0.1) is 6.92 Å². The second-order valence-electron chi connectivity index (χ2n) is 4.53. The van der Waals surface area contributed by atoms with E-state index in [0.29, 0.717) is 30.9 Å². The predicted octanol–water partition coefficient (Wildman–Crippen LogP) is 1.22. The van der Waals surface area contributed by atoms with Gasteiger partial charge in [-0.05, 0) is 31.5 Å². The molecular formula is C14H23N3O2. The van der Waals surface area contributed by atoms with E-state index < -0.39 is 0 Å². The Morgan fingerprint density at radius 1 is 1.47 bits per heavy atom. The van der Waals surface area contributed by atoms with E-state index in [0.717, 1.165) is 12.1 Å². The number of hydrogen-bond acceptors (Lipinski definition) is 4. The number of aliphatic hydroxyl groups excluding tert-OH is 1. The third kappa shape index (κ3) is 4.89. The summed E-state index contributed by atoms with van der Waals surface area (Å²) in [5, 5.41) is 11.7. The molecule has 4 N–H and O–H groups in total. The van der Waals surface area contributed by atoms with Crippen LogP contribution in [0.15, 0.2) is 18.2 Å². The fourth-order valence-corrected chi connectivity index (χ4v) is 1.89. The van der Waals surface area contributed by atoms with Crippen molar-refractivity contribution in [1.82, 2.24) is 4.90 Å². The van der Waals surface area contributed by atoms with Gasteiger partial charge in [-0.1, -0.05) is 19.1 Å². The fraction of sp³-hybridized carbons (Fsp3) is 0.500. The number of hydrogen-bond donors (Lipinski definition) is 3. The lowest BCUT2D eigenvalue weighted by molar-refractivity contribution is -0.117. The summed E-state index contributed by atoms with van der Waals surface area (Å²) in [5.74, 6) is -0.0826. The van der Waals surface area contributed by atoms with E-state index in [2.05, 4.69) is 5.32 Å². The number of carbonyl (C=O) groups excluding carboxylic acids is 1. The summed E-state index contributed by atoms with van der Waals surface area (Å²) in [6.07, 6.45) is 0.674. The third-order valence-corrected chi connectivity index (χ3v) is 3.02. The average molecular weight is 265 g/mol. The number of nitrogens with zero attached hydrogens (tertiary/aromatic N) is 1. The Kier molecular flexibility index (Phi) is 6.32. The molecule has 0 heterocycles. The maximum atomic E-state index is 12.0. The number of rotatable bonds is 7. The molecule has 0 bridgehead atoms. The summed E-state index contributed by atoms with van der Waals surface area (Å²) < 4.78 is 0. The van der Waals surface area contributed by atoms with Crippen LogP contribution in [0.1, 0.15) is 18.9 Å². The highest BCUT2D eigenvalue weighted by Crippen LogP contribution is 2.22. The molecule has 1 amide bonds. The van der Waals surface area contributed by atoms with Gasteiger partial charge in [0.2, 0.25) is 5.91 Å². The molecule has 19 heavy (non-hydrogen) atoms. The van der Waals surface area contributed by atoms with Crippen molar-refractivity contribution in [3.63, 3.8) is 0 Å². The second-order valence-corrected chi connectivity index (χ2v) is 4.53. The number of carbonyl (C=O) groups is 1. The zero-order chi connectivity index (χ0) is 14.3. The Balaban J connectivity index is 2.59. The molecule has 106 valence electrons. The van der Waals surface area contributed by atoms with E-state index >= 15 is 0 Å². The predicted molar refractivity (Wildman–Crippen MR) is 78.0 cm³/mol. The summed E-state index contributed by atoms with van der Waals surface area (Å²) in [6, 6.07) is 5.54. The number of aryl methyl sites for hydroxylation is 1. The van der Waals surface area contributed by atoms with Gasteiger partial charge in [0.15, 0.2) is 0 Å². The summed E-state index contributed by atoms with van der Waals surface area (Å²) in [7, 11) is 0. The lowest BCUT2D eigenvalue weighted by Gasteiger charge is -2.20. The SMILES string of the molecule is CCN(CCCO)CC(=O)Nc1c(C)cccc1N. The van der Waals surface area contributed by atoms with Gasteiger partial charge in [0.05, 0.1) is 17.9 Å². The number of nitrogens with one attached hydrogen (secondary N) is 1. The summed E-state index contributed by atoms with van der Waals surface area (Å²) in [4.78, 5) is 14.0. The normalized spacial score (nSPS) is 10.7. The summed E-state index contributed by atoms with van der Waals surface area (Å²) in [6.45, 7) is 5.84. The lowest BCUT2D eigenvalue weighted by Crippen LogP contribution is -2.34. The molecule has 0 saturated carbocycles. The fourth-order valence-electron chi connectivity index (χ4n) is 1.89. The van der Waals surface area contributed by atoms with Gasteiger partial charge < -0.3 is 16.2 Å². The van der Waals surface area contributed by atoms with Gasteiger partial charge in [0.25, 0.3) is 0 Å². The van der Waals surface area contributed by atoms with Gasteiger partial charge in [-0.3, -0.25) is 9.69 Å². The van der Waals surface area contributed by atoms with E-state index in [1.165, 1.54) is 0 Å². The maximum absolute atomic E-state index is 12.0. The highest BCUT2D eigenvalue weighted by atomic mass is 16.3. The molecule has 0 unspecified atom stereocenters. The van der Waals surface area contributed by atoms with Crippen LogP contribution in [0.2, 0.25) is 0 Å². The average Bonchev–Trinajstić information content (AvgIpc) is 2.39. The molecule has 0 fully saturated rings. The number of nitrogen functional groups attached to an aromatic ring is 1. The number of para-hydroxylation sites is 1. The van der Waals surface area contributed by atoms with Crippen LogP contribution in [0.25, 0.3) is 0 Å². The minimum absolute atomic E-state index is 0.0826. The largest absolute Gasteiger partial charge is 0.397 e. The molecular weight excluding hydrogens is 242 g/mol. The zero-order valence-corrected chi connectivity index (χ0v) is 11.6. The van der Waals surface area contributed by atoms with Crippen LogP contribution >= 0.6 is 0 Å². The number of amides is 1. The molecule has 5 nitrogen and oxygen atoms in total. The van der Waals surface area contributed by atoms with Crippen molar-refractivity contribution in [3.05, 3.63) is 23.8 Å². The van der Waals surface area contributed by atoms with Crippen LogP contribution in [-0.2, 0) is 4.79 Å². The first-order valence-electron chi connectivity index (χ1n) is 6.56. The molecule has 1 rings (SSSR count). The van der Waals surface area contributed by atoms with Crippen molar-refractivity contribution < 1.29 is 9.90 Å². The molecule has 1 aromatic carbocycles. The van der Waals surface area contributed by atoms with Crippen LogP contribution in [0.3, 0.4) is 0 Å². The molecule has 0 aliphatic heterocycles. The molecule has 1 aromatic rings. The Hall–Kier alpha value is -1.59. The van der Waals surface area contributed by atoms with Crippen molar-refractivity contribution >= 4 is 17.3 Å². The number of nitrogens with two attached hydrogens (primary N) is 1. The van der Waals surface area contributed by atoms with Crippen LogP contribution in [0.5, 0.6) is 0 Å². The molecule has 5 heteroatoms. The van der Waals surface area contributed by atoms with Gasteiger partial charge in [0.1, 0.15) is 0 Å². The van der Waals surface area contributed by atoms with E-state index in [4.69, 9.17) is 10.8 Å². The molecule has 0 aliphatic carbocycles. The Morgan fingerprint density at radius 2 is 2.21 bits per heavy atom. The topological polar surface area (TPSA) is 78.6 Å². The Labute approximate surface area is 114 Å². The van der Waals surface area contributed by atoms with Crippen molar-refractivity contribution in [1.29, 1.82) is 0 Å². The Bertz CT molecular complexity index is 401. The smallest absolute Gasteiger partial charge is 0.238 e. The number of likely N-dealkylation sites (N-methyl/N-ethyl adjacent to an activating group) is 1. The molecule has 0 spiro atoms. The highest BCUT2D eigenvalue weighted by molar-refractivity contribution is 5.96. The minimum atomic E-state index is -0.0826. The van der Waals surface area contributed by atoms with Crippen LogP contribution < -0.4 is 11.1 Å². The van der Waals surface area contributed by atoms with E-state index in [-0.39, 0.29) is 12.5 Å².